The monoisotopic (exact) mass is 783 g/mol. The summed E-state index contributed by atoms with van der Waals surface area (Å²) in [5.41, 5.74) is -0.190. The third-order valence-electron chi connectivity index (χ3n) is 8.27. The van der Waals surface area contributed by atoms with Crippen molar-refractivity contribution < 1.29 is 108 Å². The van der Waals surface area contributed by atoms with Gasteiger partial charge in [-0.1, -0.05) is 0 Å². The molecule has 11 N–H and O–H groups in total. The molecule has 1 aromatic heterocycles. The summed E-state index contributed by atoms with van der Waals surface area (Å²) >= 11 is 0. The number of hydrogen-bond donors (Lipinski definition) is 11. The van der Waals surface area contributed by atoms with Crippen molar-refractivity contribution >= 4 is 34.8 Å². The minimum Gasteiger partial charge on any atom is -0.507 e. The highest BCUT2D eigenvalue weighted by molar-refractivity contribution is 5.91. The first-order valence-electron chi connectivity index (χ1n) is 16.1. The molecule has 0 bridgehead atoms. The number of carbonyl (C=O) groups excluding carboxylic acids is 2. The van der Waals surface area contributed by atoms with Crippen LogP contribution in [0, 0.1) is 0 Å². The Balaban J connectivity index is 1.51. The van der Waals surface area contributed by atoms with Crippen molar-refractivity contribution in [2.45, 2.75) is 74.3 Å². The molecule has 2 aromatic carbocycles. The van der Waals surface area contributed by atoms with Gasteiger partial charge in [-0.2, -0.15) is 0 Å². The van der Waals surface area contributed by atoms with Gasteiger partial charge in [0.05, 0.1) is 11.6 Å². The summed E-state index contributed by atoms with van der Waals surface area (Å²) in [5, 5.41) is 112. The summed E-state index contributed by atoms with van der Waals surface area (Å²) in [6.07, 6.45) is -20.6. The Morgan fingerprint density at radius 2 is 1.13 bits per heavy atom. The van der Waals surface area contributed by atoms with Gasteiger partial charge in [0, 0.05) is 18.2 Å². The molecule has 3 heterocycles. The van der Waals surface area contributed by atoms with E-state index in [0.29, 0.717) is 0 Å². The van der Waals surface area contributed by atoms with Crippen LogP contribution in [-0.2, 0) is 38.1 Å². The number of aromatic hydroxyl groups is 3. The highest BCUT2D eigenvalue weighted by Gasteiger charge is 2.48. The zero-order chi connectivity index (χ0) is 40.3. The van der Waals surface area contributed by atoms with Gasteiger partial charge in [0.25, 0.3) is 0 Å². The Kier molecular flexibility index (Phi) is 12.4. The van der Waals surface area contributed by atoms with Gasteiger partial charge in [-0.25, -0.2) is 4.42 Å². The van der Waals surface area contributed by atoms with Gasteiger partial charge in [0.2, 0.25) is 18.3 Å². The first-order chi connectivity index (χ1) is 25.9. The average Bonchev–Trinajstić information content (AvgIpc) is 3.11. The van der Waals surface area contributed by atoms with Gasteiger partial charge in [-0.15, -0.1) is 0 Å². The molecule has 22 nitrogen and oxygen atoms in total. The maximum absolute atomic E-state index is 11.8. The van der Waals surface area contributed by atoms with Crippen LogP contribution in [0.3, 0.4) is 0 Å². The summed E-state index contributed by atoms with van der Waals surface area (Å²) in [4.78, 5) is 45.2. The summed E-state index contributed by atoms with van der Waals surface area (Å²) in [7, 11) is 0. The molecular formula is C33H35O22+. The van der Waals surface area contributed by atoms with E-state index in [1.165, 1.54) is 6.07 Å². The fourth-order valence-electron chi connectivity index (χ4n) is 5.47. The van der Waals surface area contributed by atoms with Crippen LogP contribution in [0.1, 0.15) is 12.8 Å². The Hall–Kier alpha value is -5.59. The number of aliphatic hydroxyl groups is 6. The largest absolute Gasteiger partial charge is 0.507 e. The molecule has 2 aliphatic heterocycles. The van der Waals surface area contributed by atoms with E-state index in [0.717, 1.165) is 30.3 Å². The Bertz CT molecular complexity index is 1920. The summed E-state index contributed by atoms with van der Waals surface area (Å²) in [5.74, 6) is -8.10. The SMILES string of the molecule is O=C(O)CC(=O)OC[C@H]1O[C@@H](Oc2cc3c(O[C@@H]4O[C@H](COC(=O)CC(=O)O)[C@@H](O)[C@H](O)[C@H]4O)cc(O)cc3[o+]c2-c2ccc(O)c(O)c2)[C@H](O)[C@@H](O)[C@@H]1O. The number of phenols is 3. The van der Waals surface area contributed by atoms with Crippen LogP contribution in [0.15, 0.2) is 40.8 Å². The Morgan fingerprint density at radius 3 is 1.62 bits per heavy atom. The highest BCUT2D eigenvalue weighted by Crippen LogP contribution is 2.43. The number of fused-ring (bicyclic) bond motifs is 1. The summed E-state index contributed by atoms with van der Waals surface area (Å²) in [6, 6.07) is 6.62. The number of carboxylic acids is 2. The molecule has 0 radical (unpaired) electrons. The molecule has 5 rings (SSSR count). The second-order valence-electron chi connectivity index (χ2n) is 12.3. The first-order valence-corrected chi connectivity index (χ1v) is 16.1. The lowest BCUT2D eigenvalue weighted by Gasteiger charge is -2.40. The minimum absolute atomic E-state index is 0.00600. The van der Waals surface area contributed by atoms with Crippen LogP contribution in [0.5, 0.6) is 28.7 Å². The van der Waals surface area contributed by atoms with E-state index in [2.05, 4.69) is 0 Å². The minimum atomic E-state index is -2.01. The third kappa shape index (κ3) is 9.38. The molecule has 0 spiro atoms. The van der Waals surface area contributed by atoms with Gasteiger partial charge in [0.1, 0.15) is 91.8 Å². The van der Waals surface area contributed by atoms with Crippen LogP contribution >= 0.6 is 0 Å². The predicted octanol–water partition coefficient (Wildman–Crippen LogP) is -2.09. The molecular weight excluding hydrogens is 748 g/mol. The Labute approximate surface area is 307 Å². The van der Waals surface area contributed by atoms with Gasteiger partial charge in [-0.05, 0) is 12.1 Å². The zero-order valence-corrected chi connectivity index (χ0v) is 28.0. The number of esters is 2. The number of benzene rings is 2. The van der Waals surface area contributed by atoms with Crippen molar-refractivity contribution in [2.24, 2.45) is 0 Å². The maximum Gasteiger partial charge on any atom is 0.402 e. The van der Waals surface area contributed by atoms with E-state index in [9.17, 15) is 65.1 Å². The third-order valence-corrected chi connectivity index (χ3v) is 8.27. The van der Waals surface area contributed by atoms with Gasteiger partial charge >= 0.3 is 35.2 Å². The van der Waals surface area contributed by atoms with E-state index in [1.807, 2.05) is 0 Å². The molecule has 55 heavy (non-hydrogen) atoms. The summed E-state index contributed by atoms with van der Waals surface area (Å²) < 4.78 is 38.4. The molecule has 3 aromatic rings. The molecule has 2 fully saturated rings. The van der Waals surface area contributed by atoms with E-state index < -0.39 is 129 Å². The lowest BCUT2D eigenvalue weighted by molar-refractivity contribution is -0.278. The second-order valence-corrected chi connectivity index (χ2v) is 12.3. The predicted molar refractivity (Wildman–Crippen MR) is 172 cm³/mol. The Morgan fingerprint density at radius 1 is 0.618 bits per heavy atom. The summed E-state index contributed by atoms with van der Waals surface area (Å²) in [6.45, 7) is -1.57. The lowest BCUT2D eigenvalue weighted by atomic mass is 9.99. The van der Waals surface area contributed by atoms with Crippen LogP contribution in [0.2, 0.25) is 0 Å². The number of carbonyl (C=O) groups is 4. The molecule has 298 valence electrons. The molecule has 0 saturated carbocycles. The molecule has 0 aliphatic carbocycles. The van der Waals surface area contributed by atoms with Gasteiger partial charge in [-0.3, -0.25) is 19.2 Å². The number of ether oxygens (including phenoxy) is 6. The van der Waals surface area contributed by atoms with E-state index >= 15 is 0 Å². The fourth-order valence-corrected chi connectivity index (χ4v) is 5.47. The lowest BCUT2D eigenvalue weighted by Crippen LogP contribution is -2.60. The maximum atomic E-state index is 11.8. The number of aliphatic hydroxyl groups excluding tert-OH is 6. The van der Waals surface area contributed by atoms with Crippen molar-refractivity contribution in [3.8, 4) is 40.1 Å². The van der Waals surface area contributed by atoms with Gasteiger partial charge < -0.3 is 84.6 Å². The number of phenolic OH excluding ortho intramolecular Hbond substituents is 3. The van der Waals surface area contributed by atoms with Crippen molar-refractivity contribution in [3.05, 3.63) is 36.4 Å². The van der Waals surface area contributed by atoms with Crippen LogP contribution in [0.25, 0.3) is 22.3 Å². The molecule has 2 saturated heterocycles. The topological polar surface area (TPSA) is 357 Å². The van der Waals surface area contributed by atoms with E-state index in [1.54, 1.807) is 0 Å². The number of aliphatic carboxylic acids is 2. The van der Waals surface area contributed by atoms with Crippen molar-refractivity contribution in [2.75, 3.05) is 13.2 Å². The number of carboxylic acid groups (broad SMARTS) is 2. The molecule has 22 heteroatoms. The first kappa shape index (κ1) is 40.6. The molecule has 0 amide bonds. The molecule has 10 atom stereocenters. The number of rotatable bonds is 13. The quantitative estimate of drug-likeness (QED) is 0.0383. The molecule has 0 unspecified atom stereocenters. The standard InChI is InChI=1S/C33H34O22/c34-12-4-16-13(17(5-12)52-32-29(47)27(45)25(43)19(54-32)9-49-23(41)7-21(37)38)6-18(31(51-16)11-1-2-14(35)15(36)3-11)53-33-30(48)28(46)26(44)20(55-33)10-50-24(42)8-22(39)40/h1-6,19-20,25-30,32-33,43-48H,7-10H2,(H4-,34,35,36,37,38,39,40)/p+1/t19-,20-,25-,26-,27+,28+,29-,30-,32-,33-/m1/s1. The smallest absolute Gasteiger partial charge is 0.402 e. The average molecular weight is 784 g/mol. The van der Waals surface area contributed by atoms with Crippen molar-refractivity contribution in [1.82, 2.24) is 0 Å². The van der Waals surface area contributed by atoms with Crippen molar-refractivity contribution in [3.63, 3.8) is 0 Å². The van der Waals surface area contributed by atoms with Crippen LogP contribution in [0.4, 0.5) is 0 Å². The molecule has 2 aliphatic rings. The normalized spacial score (nSPS) is 27.9. The fraction of sp³-hybridized carbons (Fsp3) is 0.424. The van der Waals surface area contributed by atoms with Gasteiger partial charge in [0.15, 0.2) is 11.5 Å². The second kappa shape index (κ2) is 16.8. The zero-order valence-electron chi connectivity index (χ0n) is 28.0. The van der Waals surface area contributed by atoms with Crippen LogP contribution < -0.4 is 9.47 Å². The van der Waals surface area contributed by atoms with Crippen LogP contribution in [-0.4, -0.2) is 155 Å². The highest BCUT2D eigenvalue weighted by atomic mass is 16.7. The van der Waals surface area contributed by atoms with E-state index in [-0.39, 0.29) is 33.8 Å². The van der Waals surface area contributed by atoms with E-state index in [4.69, 9.17) is 43.1 Å². The van der Waals surface area contributed by atoms with Crippen molar-refractivity contribution in [1.29, 1.82) is 0 Å². The number of hydrogen-bond acceptors (Lipinski definition) is 19.